The molecule has 348 valence electrons. The molecule has 1 aliphatic heterocycles. The van der Waals surface area contributed by atoms with Gasteiger partial charge in [0.1, 0.15) is 11.3 Å². The Hall–Kier alpha value is -7.60. The fourth-order valence-corrected chi connectivity index (χ4v) is 13.4. The summed E-state index contributed by atoms with van der Waals surface area (Å²) in [6.07, 6.45) is 0. The Labute approximate surface area is 426 Å². The lowest BCUT2D eigenvalue weighted by atomic mass is 9.59. The number of rotatable bonds is 5. The van der Waals surface area contributed by atoms with Crippen molar-refractivity contribution in [2.45, 2.75) is 71.6 Å². The van der Waals surface area contributed by atoms with Crippen molar-refractivity contribution in [3.8, 4) is 50.4 Å². The first-order valence-corrected chi connectivity index (χ1v) is 26.3. The molecule has 0 fully saturated rings. The van der Waals surface area contributed by atoms with Crippen LogP contribution in [-0.2, 0) is 16.2 Å². The van der Waals surface area contributed by atoms with Gasteiger partial charge in [-0.3, -0.25) is 0 Å². The van der Waals surface area contributed by atoms with Crippen LogP contribution in [0.3, 0.4) is 0 Å². The molecule has 0 radical (unpaired) electrons. The average molecular weight is 947 g/mol. The van der Waals surface area contributed by atoms with Crippen molar-refractivity contribution < 1.29 is 4.42 Å². The zero-order valence-corrected chi connectivity index (χ0v) is 43.0. The number of aromatic nitrogens is 1. The SMILES string of the molecule is CC(C)(C)c1ccc(Nc2cc3c(cc2-c2ccc4c5cc6c(cc5n5c4c2Bc2cc4oc(-c7ccccc7)c(-c7ccccc7)c4cc2-5)sc2ccccc26)-c2ccc(C(C)(C)C)cc2C3(C)C)cc1. The fraction of sp³-hybridized carbons (Fsp3) is 0.164. The van der Waals surface area contributed by atoms with E-state index in [0.717, 1.165) is 52.1 Å². The molecule has 0 bridgehead atoms. The molecule has 0 spiro atoms. The van der Waals surface area contributed by atoms with Gasteiger partial charge in [0, 0.05) is 81.0 Å². The van der Waals surface area contributed by atoms with Crippen molar-refractivity contribution in [3.05, 3.63) is 198 Å². The molecule has 0 saturated carbocycles. The molecule has 9 aromatic carbocycles. The van der Waals surface area contributed by atoms with E-state index in [2.05, 4.69) is 241 Å². The lowest BCUT2D eigenvalue weighted by molar-refractivity contribution is 0.584. The van der Waals surface area contributed by atoms with Gasteiger partial charge in [0.15, 0.2) is 7.28 Å². The zero-order chi connectivity index (χ0) is 49.0. The maximum Gasteiger partial charge on any atom is 0.198 e. The summed E-state index contributed by atoms with van der Waals surface area (Å²) in [5.74, 6) is 0.897. The maximum atomic E-state index is 7.07. The van der Waals surface area contributed by atoms with Crippen molar-refractivity contribution in [1.82, 2.24) is 4.57 Å². The van der Waals surface area contributed by atoms with Crippen LogP contribution >= 0.6 is 11.3 Å². The van der Waals surface area contributed by atoms with E-state index in [9.17, 15) is 0 Å². The van der Waals surface area contributed by atoms with Crippen LogP contribution in [0.25, 0.3) is 103 Å². The van der Waals surface area contributed by atoms with E-state index in [4.69, 9.17) is 4.42 Å². The summed E-state index contributed by atoms with van der Waals surface area (Å²) in [7, 11) is 0.751. The standard InChI is InChI=1S/C67H55BN2OS/c1-65(2,3)40-23-26-42(27-24-40)69-55-35-53-47(43-28-25-41(66(4,5)6)31-52(43)67(53,7)8)32-48(55)45-29-30-46-49-33-50-44-21-15-16-22-59(44)72-60(50)37-56(49)70-57-34-51-58(36-54(57)68-62(45)63(46)70)71-64(39-19-13-10-14-20-39)61(51)38-17-11-9-12-18-38/h9-37,68-69H,1-8H3. The van der Waals surface area contributed by atoms with Gasteiger partial charge in [0.2, 0.25) is 0 Å². The number of nitrogens with one attached hydrogen (secondary N) is 1. The van der Waals surface area contributed by atoms with Crippen LogP contribution in [0.15, 0.2) is 180 Å². The minimum atomic E-state index is -0.191. The molecule has 14 rings (SSSR count). The number of benzene rings is 9. The predicted molar refractivity (Wildman–Crippen MR) is 311 cm³/mol. The van der Waals surface area contributed by atoms with Crippen molar-refractivity contribution in [2.24, 2.45) is 0 Å². The normalized spacial score (nSPS) is 13.8. The highest BCUT2D eigenvalue weighted by Gasteiger charge is 2.38. The second-order valence-electron chi connectivity index (χ2n) is 23.0. The molecular formula is C67H55BN2OS. The summed E-state index contributed by atoms with van der Waals surface area (Å²) in [6.45, 7) is 18.6. The lowest BCUT2D eigenvalue weighted by Gasteiger charge is -2.27. The number of furan rings is 1. The van der Waals surface area contributed by atoms with Gasteiger partial charge in [0.25, 0.3) is 0 Å². The predicted octanol–water partition coefficient (Wildman–Crippen LogP) is 17.2. The minimum Gasteiger partial charge on any atom is -0.455 e. The van der Waals surface area contributed by atoms with Crippen LogP contribution in [0.5, 0.6) is 0 Å². The van der Waals surface area contributed by atoms with Gasteiger partial charge >= 0.3 is 0 Å². The van der Waals surface area contributed by atoms with E-state index >= 15 is 0 Å². The Bertz CT molecular complexity index is 4230. The van der Waals surface area contributed by atoms with Gasteiger partial charge in [-0.1, -0.05) is 182 Å². The monoisotopic (exact) mass is 946 g/mol. The second kappa shape index (κ2) is 15.2. The Balaban J connectivity index is 1.06. The van der Waals surface area contributed by atoms with Crippen LogP contribution in [0, 0.1) is 0 Å². The van der Waals surface area contributed by atoms with Gasteiger partial charge in [-0.05, 0) is 115 Å². The highest BCUT2D eigenvalue weighted by atomic mass is 32.1. The van der Waals surface area contributed by atoms with Gasteiger partial charge < -0.3 is 14.3 Å². The molecule has 4 heterocycles. The Morgan fingerprint density at radius 1 is 0.528 bits per heavy atom. The second-order valence-corrected chi connectivity index (χ2v) is 24.1. The summed E-state index contributed by atoms with van der Waals surface area (Å²) >= 11 is 1.89. The van der Waals surface area contributed by atoms with Crippen molar-refractivity contribution in [2.75, 3.05) is 5.32 Å². The molecule has 1 N–H and O–H groups in total. The molecule has 3 nitrogen and oxygen atoms in total. The number of nitrogens with zero attached hydrogens (tertiary/aromatic N) is 1. The number of hydrogen-bond acceptors (Lipinski definition) is 3. The van der Waals surface area contributed by atoms with Crippen LogP contribution in [-0.4, -0.2) is 11.8 Å². The van der Waals surface area contributed by atoms with Crippen molar-refractivity contribution in [3.63, 3.8) is 0 Å². The Morgan fingerprint density at radius 3 is 1.96 bits per heavy atom. The van der Waals surface area contributed by atoms with Gasteiger partial charge in [0.05, 0.1) is 5.52 Å². The highest BCUT2D eigenvalue weighted by molar-refractivity contribution is 7.25. The summed E-state index contributed by atoms with van der Waals surface area (Å²) in [4.78, 5) is 0. The van der Waals surface area contributed by atoms with Crippen LogP contribution in [0.1, 0.15) is 77.6 Å². The molecule has 0 atom stereocenters. The van der Waals surface area contributed by atoms with E-state index in [1.54, 1.807) is 0 Å². The van der Waals surface area contributed by atoms with Crippen LogP contribution < -0.4 is 16.2 Å². The largest absolute Gasteiger partial charge is 0.455 e. The molecular weight excluding hydrogens is 892 g/mol. The number of hydrogen-bond donors (Lipinski definition) is 1. The summed E-state index contributed by atoms with van der Waals surface area (Å²) < 4.78 is 12.3. The summed E-state index contributed by atoms with van der Waals surface area (Å²) in [5.41, 5.74) is 23.2. The first kappa shape index (κ1) is 43.2. The van der Waals surface area contributed by atoms with Gasteiger partial charge in [-0.2, -0.15) is 0 Å². The number of fused-ring (bicyclic) bond motifs is 12. The molecule has 72 heavy (non-hydrogen) atoms. The first-order chi connectivity index (χ1) is 34.7. The highest BCUT2D eigenvalue weighted by Crippen LogP contribution is 2.53. The Morgan fingerprint density at radius 2 is 1.21 bits per heavy atom. The summed E-state index contributed by atoms with van der Waals surface area (Å²) in [6, 6.07) is 66.1. The first-order valence-electron chi connectivity index (χ1n) is 25.5. The van der Waals surface area contributed by atoms with Crippen molar-refractivity contribution >= 4 is 93.9 Å². The quantitative estimate of drug-likeness (QED) is 0.174. The van der Waals surface area contributed by atoms with Gasteiger partial charge in [-0.25, -0.2) is 0 Å². The molecule has 1 aliphatic carbocycles. The molecule has 2 aliphatic rings. The lowest BCUT2D eigenvalue weighted by Crippen LogP contribution is -2.37. The number of anilines is 2. The molecule has 0 unspecified atom stereocenters. The number of thiophene rings is 1. The molecule has 12 aromatic rings. The van der Waals surface area contributed by atoms with E-state index in [1.165, 1.54) is 103 Å². The topological polar surface area (TPSA) is 30.1 Å². The van der Waals surface area contributed by atoms with E-state index in [0.29, 0.717) is 0 Å². The average Bonchev–Trinajstić information content (AvgIpc) is 4.10. The van der Waals surface area contributed by atoms with Crippen LogP contribution in [0.4, 0.5) is 11.4 Å². The smallest absolute Gasteiger partial charge is 0.198 e. The van der Waals surface area contributed by atoms with E-state index in [1.807, 2.05) is 11.3 Å². The van der Waals surface area contributed by atoms with Gasteiger partial charge in [-0.15, -0.1) is 11.3 Å². The van der Waals surface area contributed by atoms with E-state index in [-0.39, 0.29) is 16.2 Å². The minimum absolute atomic E-state index is 0.0411. The summed E-state index contributed by atoms with van der Waals surface area (Å²) in [5, 5.41) is 10.3. The fourth-order valence-electron chi connectivity index (χ4n) is 12.3. The van der Waals surface area contributed by atoms with Crippen molar-refractivity contribution in [1.29, 1.82) is 0 Å². The Kier molecular flexibility index (Phi) is 9.13. The zero-order valence-electron chi connectivity index (χ0n) is 42.2. The molecule has 3 aromatic heterocycles. The van der Waals surface area contributed by atoms with E-state index < -0.39 is 0 Å². The third-order valence-corrected chi connectivity index (χ3v) is 17.3. The maximum absolute atomic E-state index is 7.07. The molecule has 5 heteroatoms. The molecule has 0 saturated heterocycles. The third-order valence-electron chi connectivity index (χ3n) is 16.1. The molecule has 0 amide bonds. The van der Waals surface area contributed by atoms with Crippen LogP contribution in [0.2, 0.25) is 0 Å². The third kappa shape index (κ3) is 6.42.